The van der Waals surface area contributed by atoms with Gasteiger partial charge in [0.2, 0.25) is 0 Å². The van der Waals surface area contributed by atoms with Crippen LogP contribution in [0.4, 0.5) is 0 Å². The Bertz CT molecular complexity index is 902. The number of hydrogen-bond acceptors (Lipinski definition) is 4. The molecule has 1 aromatic heterocycles. The molecule has 2 amide bonds. The van der Waals surface area contributed by atoms with E-state index in [-0.39, 0.29) is 11.5 Å². The van der Waals surface area contributed by atoms with Crippen molar-refractivity contribution in [3.05, 3.63) is 69.6 Å². The van der Waals surface area contributed by atoms with Gasteiger partial charge in [-0.15, -0.1) is 0 Å². The van der Waals surface area contributed by atoms with Crippen molar-refractivity contribution in [1.29, 1.82) is 0 Å². The number of nitrogens with zero attached hydrogens (tertiary/aromatic N) is 1. The Labute approximate surface area is 170 Å². The van der Waals surface area contributed by atoms with Gasteiger partial charge in [-0.3, -0.25) is 14.4 Å². The summed E-state index contributed by atoms with van der Waals surface area (Å²) in [6.45, 7) is 2.91. The van der Waals surface area contributed by atoms with Crippen LogP contribution >= 0.6 is 0 Å². The molecule has 1 aromatic carbocycles. The lowest BCUT2D eigenvalue weighted by molar-refractivity contribution is 0.0949. The molecule has 1 atom stereocenters. The Morgan fingerprint density at radius 3 is 2.69 bits per heavy atom. The van der Waals surface area contributed by atoms with Crippen molar-refractivity contribution in [3.63, 3.8) is 0 Å². The predicted octanol–water partition coefficient (Wildman–Crippen LogP) is 1.38. The van der Waals surface area contributed by atoms with E-state index in [0.29, 0.717) is 24.6 Å². The third-order valence-electron chi connectivity index (χ3n) is 5.25. The molecule has 2 aromatic rings. The van der Waals surface area contributed by atoms with E-state index in [2.05, 4.69) is 16.0 Å². The van der Waals surface area contributed by atoms with E-state index in [1.165, 1.54) is 36.7 Å². The van der Waals surface area contributed by atoms with Crippen LogP contribution in [0, 0.1) is 5.92 Å². The predicted molar refractivity (Wildman–Crippen MR) is 112 cm³/mol. The molecule has 0 saturated carbocycles. The van der Waals surface area contributed by atoms with Crippen LogP contribution in [0.5, 0.6) is 0 Å². The molecule has 1 unspecified atom stereocenters. The summed E-state index contributed by atoms with van der Waals surface area (Å²) in [7, 11) is 1.47. The molecule has 1 saturated heterocycles. The highest BCUT2D eigenvalue weighted by Crippen LogP contribution is 2.13. The van der Waals surface area contributed by atoms with Crippen molar-refractivity contribution in [1.82, 2.24) is 20.5 Å². The van der Waals surface area contributed by atoms with Crippen LogP contribution < -0.4 is 21.5 Å². The van der Waals surface area contributed by atoms with Gasteiger partial charge < -0.3 is 20.5 Å². The Hall–Kier alpha value is -2.93. The van der Waals surface area contributed by atoms with Crippen molar-refractivity contribution in [3.8, 4) is 0 Å². The quantitative estimate of drug-likeness (QED) is 0.659. The lowest BCUT2D eigenvalue weighted by Crippen LogP contribution is -2.35. The summed E-state index contributed by atoms with van der Waals surface area (Å²) in [4.78, 5) is 37.6. The monoisotopic (exact) mass is 396 g/mol. The number of benzene rings is 1. The molecule has 29 heavy (non-hydrogen) atoms. The summed E-state index contributed by atoms with van der Waals surface area (Å²) in [6.07, 6.45) is 4.77. The van der Waals surface area contributed by atoms with Crippen molar-refractivity contribution in [2.75, 3.05) is 26.7 Å². The molecule has 3 rings (SSSR count). The molecule has 154 valence electrons. The number of carbonyl (C=O) groups is 2. The van der Waals surface area contributed by atoms with Crippen LogP contribution in [0.3, 0.4) is 0 Å². The van der Waals surface area contributed by atoms with Gasteiger partial charge in [-0.05, 0) is 49.9 Å². The van der Waals surface area contributed by atoms with Crippen LogP contribution in [0.15, 0.2) is 47.4 Å². The van der Waals surface area contributed by atoms with Crippen molar-refractivity contribution >= 4 is 11.8 Å². The third kappa shape index (κ3) is 5.54. The summed E-state index contributed by atoms with van der Waals surface area (Å²) in [5, 5.41) is 8.77. The van der Waals surface area contributed by atoms with E-state index in [0.717, 1.165) is 25.1 Å². The van der Waals surface area contributed by atoms with E-state index >= 15 is 0 Å². The van der Waals surface area contributed by atoms with Gasteiger partial charge in [0.15, 0.2) is 0 Å². The molecule has 0 aliphatic carbocycles. The lowest BCUT2D eigenvalue weighted by atomic mass is 9.96. The van der Waals surface area contributed by atoms with Gasteiger partial charge in [0.1, 0.15) is 5.56 Å². The third-order valence-corrected chi connectivity index (χ3v) is 5.25. The van der Waals surface area contributed by atoms with Gasteiger partial charge >= 0.3 is 0 Å². The minimum atomic E-state index is -0.500. The standard InChI is InChI=1S/C22H28N4O3/c1-23-21(28)19-12-18(20(27)25-11-9-16-8-5-10-24-13-16)15-26(22(19)29)14-17-6-3-2-4-7-17/h2-4,6-7,12,15-16,24H,5,8-11,13-14H2,1H3,(H,23,28)(H,25,27). The average molecular weight is 396 g/mol. The van der Waals surface area contributed by atoms with E-state index < -0.39 is 11.5 Å². The molecule has 1 aliphatic heterocycles. The first-order chi connectivity index (χ1) is 14.1. The number of hydrogen-bond donors (Lipinski definition) is 3. The fourth-order valence-corrected chi connectivity index (χ4v) is 3.62. The average Bonchev–Trinajstić information content (AvgIpc) is 2.76. The molecule has 7 heteroatoms. The van der Waals surface area contributed by atoms with Crippen LogP contribution in [-0.2, 0) is 6.54 Å². The molecular weight excluding hydrogens is 368 g/mol. The molecule has 1 aliphatic rings. The smallest absolute Gasteiger partial charge is 0.263 e. The van der Waals surface area contributed by atoms with Gasteiger partial charge in [-0.1, -0.05) is 30.3 Å². The van der Waals surface area contributed by atoms with E-state index in [9.17, 15) is 14.4 Å². The van der Waals surface area contributed by atoms with Crippen molar-refractivity contribution in [2.24, 2.45) is 5.92 Å². The number of nitrogens with one attached hydrogen (secondary N) is 3. The molecule has 0 spiro atoms. The Balaban J connectivity index is 1.77. The Morgan fingerprint density at radius 1 is 1.21 bits per heavy atom. The molecular formula is C22H28N4O3. The number of amides is 2. The maximum atomic E-state index is 12.7. The normalized spacial score (nSPS) is 16.2. The zero-order valence-electron chi connectivity index (χ0n) is 16.7. The highest BCUT2D eigenvalue weighted by atomic mass is 16.2. The fraction of sp³-hybridized carbons (Fsp3) is 0.409. The summed E-state index contributed by atoms with van der Waals surface area (Å²) in [5.41, 5.74) is 0.770. The van der Waals surface area contributed by atoms with Gasteiger partial charge in [0.05, 0.1) is 12.1 Å². The maximum Gasteiger partial charge on any atom is 0.263 e. The maximum absolute atomic E-state index is 12.7. The van der Waals surface area contributed by atoms with Gasteiger partial charge in [0, 0.05) is 19.8 Å². The van der Waals surface area contributed by atoms with E-state index in [1.54, 1.807) is 0 Å². The highest BCUT2D eigenvalue weighted by Gasteiger charge is 2.18. The topological polar surface area (TPSA) is 92.2 Å². The number of aromatic nitrogens is 1. The second kappa shape index (κ2) is 10.0. The molecule has 1 fully saturated rings. The van der Waals surface area contributed by atoms with Crippen molar-refractivity contribution < 1.29 is 9.59 Å². The van der Waals surface area contributed by atoms with Gasteiger partial charge in [-0.2, -0.15) is 0 Å². The van der Waals surface area contributed by atoms with Crippen LogP contribution in [0.1, 0.15) is 45.5 Å². The zero-order valence-corrected chi connectivity index (χ0v) is 16.7. The van der Waals surface area contributed by atoms with Gasteiger partial charge in [-0.25, -0.2) is 0 Å². The minimum absolute atomic E-state index is 0.0347. The number of piperidine rings is 1. The van der Waals surface area contributed by atoms with Gasteiger partial charge in [0.25, 0.3) is 17.4 Å². The summed E-state index contributed by atoms with van der Waals surface area (Å²) in [5.74, 6) is -0.210. The van der Waals surface area contributed by atoms with E-state index in [1.807, 2.05) is 30.3 Å². The minimum Gasteiger partial charge on any atom is -0.355 e. The number of pyridine rings is 1. The first-order valence-corrected chi connectivity index (χ1v) is 10.1. The van der Waals surface area contributed by atoms with Crippen LogP contribution in [0.25, 0.3) is 0 Å². The van der Waals surface area contributed by atoms with Crippen molar-refractivity contribution in [2.45, 2.75) is 25.8 Å². The molecule has 0 radical (unpaired) electrons. The summed E-state index contributed by atoms with van der Waals surface area (Å²) >= 11 is 0. The molecule has 2 heterocycles. The Kier molecular flexibility index (Phi) is 7.19. The van der Waals surface area contributed by atoms with Crippen LogP contribution in [0.2, 0.25) is 0 Å². The summed E-state index contributed by atoms with van der Waals surface area (Å²) in [6, 6.07) is 10.8. The molecule has 3 N–H and O–H groups in total. The SMILES string of the molecule is CNC(=O)c1cc(C(=O)NCCC2CCCNC2)cn(Cc2ccccc2)c1=O. The summed E-state index contributed by atoms with van der Waals surface area (Å²) < 4.78 is 1.42. The first kappa shape index (κ1) is 20.8. The highest BCUT2D eigenvalue weighted by molar-refractivity contribution is 5.99. The lowest BCUT2D eigenvalue weighted by Gasteiger charge is -2.22. The number of carbonyl (C=O) groups excluding carboxylic acids is 2. The molecule has 0 bridgehead atoms. The molecule has 7 nitrogen and oxygen atoms in total. The number of rotatable bonds is 7. The second-order valence-electron chi connectivity index (χ2n) is 7.40. The van der Waals surface area contributed by atoms with E-state index in [4.69, 9.17) is 0 Å². The zero-order chi connectivity index (χ0) is 20.6. The van der Waals surface area contributed by atoms with Crippen LogP contribution in [-0.4, -0.2) is 43.1 Å². The second-order valence-corrected chi connectivity index (χ2v) is 7.40. The fourth-order valence-electron chi connectivity index (χ4n) is 3.62. The largest absolute Gasteiger partial charge is 0.355 e. The first-order valence-electron chi connectivity index (χ1n) is 10.1. The Morgan fingerprint density at radius 2 is 2.00 bits per heavy atom.